The van der Waals surface area contributed by atoms with E-state index in [1.54, 1.807) is 0 Å². The Morgan fingerprint density at radius 3 is 2.76 bits per heavy atom. The van der Waals surface area contributed by atoms with Gasteiger partial charge in [0.05, 0.1) is 10.0 Å². The molecule has 0 radical (unpaired) electrons. The van der Waals surface area contributed by atoms with Crippen LogP contribution in [0.2, 0.25) is 10.0 Å². The molecule has 0 aromatic heterocycles. The first-order valence-electron chi connectivity index (χ1n) is 7.86. The van der Waals surface area contributed by atoms with E-state index in [0.717, 1.165) is 44.3 Å². The molecule has 2 nitrogen and oxygen atoms in total. The van der Waals surface area contributed by atoms with Crippen molar-refractivity contribution >= 4 is 29.0 Å². The number of likely N-dealkylation sites (tertiary alicyclic amines) is 1. The Morgan fingerprint density at radius 2 is 2.00 bits per heavy atom. The minimum absolute atomic E-state index is 0.239. The van der Waals surface area contributed by atoms with Crippen molar-refractivity contribution in [2.45, 2.75) is 51.1 Å². The highest BCUT2D eigenvalue weighted by Gasteiger charge is 2.36. The summed E-state index contributed by atoms with van der Waals surface area (Å²) in [6.45, 7) is 1.85. The molecule has 1 aliphatic heterocycles. The van der Waals surface area contributed by atoms with Crippen LogP contribution in [-0.4, -0.2) is 23.3 Å². The number of hydrogen-bond acceptors (Lipinski definition) is 2. The van der Waals surface area contributed by atoms with E-state index in [4.69, 9.17) is 23.2 Å². The van der Waals surface area contributed by atoms with Gasteiger partial charge in [-0.1, -0.05) is 41.8 Å². The van der Waals surface area contributed by atoms with Crippen molar-refractivity contribution in [3.05, 3.63) is 33.8 Å². The van der Waals surface area contributed by atoms with Crippen molar-refractivity contribution in [1.29, 1.82) is 0 Å². The molecule has 1 heterocycles. The van der Waals surface area contributed by atoms with Crippen LogP contribution in [-0.2, 0) is 11.3 Å². The van der Waals surface area contributed by atoms with Crippen molar-refractivity contribution in [3.63, 3.8) is 0 Å². The van der Waals surface area contributed by atoms with Crippen LogP contribution in [0.3, 0.4) is 0 Å². The molecule has 2 atom stereocenters. The summed E-state index contributed by atoms with van der Waals surface area (Å²) in [7, 11) is 0. The van der Waals surface area contributed by atoms with Crippen LogP contribution in [0.25, 0.3) is 0 Å². The molecule has 21 heavy (non-hydrogen) atoms. The lowest BCUT2D eigenvalue weighted by molar-refractivity contribution is -0.123. The average Bonchev–Trinajstić information content (AvgIpc) is 2.90. The molecule has 0 bridgehead atoms. The van der Waals surface area contributed by atoms with E-state index < -0.39 is 0 Å². The van der Waals surface area contributed by atoms with Crippen LogP contribution < -0.4 is 0 Å². The molecule has 1 aromatic carbocycles. The summed E-state index contributed by atoms with van der Waals surface area (Å²) in [5.41, 5.74) is 1.07. The van der Waals surface area contributed by atoms with Crippen molar-refractivity contribution < 1.29 is 4.79 Å². The van der Waals surface area contributed by atoms with Gasteiger partial charge in [-0.3, -0.25) is 9.69 Å². The minimum atomic E-state index is 0.239. The number of Topliss-reactive ketones (excluding diaryl/α,β-unsaturated/α-hetero) is 1. The lowest BCUT2D eigenvalue weighted by atomic mass is 9.88. The van der Waals surface area contributed by atoms with Crippen LogP contribution in [0.5, 0.6) is 0 Å². The molecule has 0 N–H and O–H groups in total. The molecular formula is C17H21Cl2NO. The summed E-state index contributed by atoms with van der Waals surface area (Å²) in [5, 5.41) is 1.26. The molecule has 0 spiro atoms. The number of ketones is 1. The number of hydrogen-bond donors (Lipinski definition) is 0. The fraction of sp³-hybridized carbons (Fsp3) is 0.588. The molecule has 2 aliphatic rings. The van der Waals surface area contributed by atoms with Gasteiger partial charge in [0.1, 0.15) is 5.78 Å². The Labute approximate surface area is 136 Å². The largest absolute Gasteiger partial charge is 0.299 e. The van der Waals surface area contributed by atoms with Crippen LogP contribution in [0.1, 0.15) is 44.1 Å². The molecule has 1 aromatic rings. The standard InChI is InChI=1S/C17H21Cl2NO/c18-14-7-3-5-12(17(14)19)11-20-10-2-1-8-15(20)13-6-4-9-16(13)21/h3,5,7,13,15H,1-2,4,6,8-11H2. The van der Waals surface area contributed by atoms with Gasteiger partial charge in [0.15, 0.2) is 0 Å². The smallest absolute Gasteiger partial charge is 0.137 e. The first-order valence-corrected chi connectivity index (χ1v) is 8.62. The lowest BCUT2D eigenvalue weighted by Gasteiger charge is -2.39. The third-order valence-corrected chi connectivity index (χ3v) is 5.74. The number of carbonyl (C=O) groups excluding carboxylic acids is 1. The molecule has 3 rings (SSSR count). The zero-order chi connectivity index (χ0) is 14.8. The summed E-state index contributed by atoms with van der Waals surface area (Å²) in [6.07, 6.45) is 6.46. The zero-order valence-corrected chi connectivity index (χ0v) is 13.7. The van der Waals surface area contributed by atoms with Crippen molar-refractivity contribution in [3.8, 4) is 0 Å². The predicted molar refractivity (Wildman–Crippen MR) is 86.9 cm³/mol. The highest BCUT2D eigenvalue weighted by Crippen LogP contribution is 2.35. The third kappa shape index (κ3) is 3.28. The Morgan fingerprint density at radius 1 is 1.14 bits per heavy atom. The van der Waals surface area contributed by atoms with Gasteiger partial charge in [-0.2, -0.15) is 0 Å². The van der Waals surface area contributed by atoms with Gasteiger partial charge in [-0.15, -0.1) is 0 Å². The van der Waals surface area contributed by atoms with Gasteiger partial charge in [-0.05, 0) is 43.9 Å². The first kappa shape index (κ1) is 15.3. The molecular weight excluding hydrogens is 305 g/mol. The summed E-state index contributed by atoms with van der Waals surface area (Å²) < 4.78 is 0. The molecule has 1 aliphatic carbocycles. The summed E-state index contributed by atoms with van der Waals surface area (Å²) in [4.78, 5) is 14.6. The second-order valence-corrected chi connectivity index (χ2v) is 7.00. The Kier molecular flexibility index (Phi) is 4.88. The molecule has 4 heteroatoms. The van der Waals surface area contributed by atoms with E-state index in [1.807, 2.05) is 18.2 Å². The third-order valence-electron chi connectivity index (χ3n) is 4.89. The molecule has 114 valence electrons. The van der Waals surface area contributed by atoms with Crippen LogP contribution in [0, 0.1) is 5.92 Å². The number of rotatable bonds is 3. The topological polar surface area (TPSA) is 20.3 Å². The maximum atomic E-state index is 12.1. The van der Waals surface area contributed by atoms with E-state index in [0.29, 0.717) is 21.9 Å². The van der Waals surface area contributed by atoms with Gasteiger partial charge in [-0.25, -0.2) is 0 Å². The number of piperidine rings is 1. The lowest BCUT2D eigenvalue weighted by Crippen LogP contribution is -2.44. The van der Waals surface area contributed by atoms with Crippen molar-refractivity contribution in [1.82, 2.24) is 4.90 Å². The molecule has 1 saturated carbocycles. The SMILES string of the molecule is O=C1CCCC1C1CCCCN1Cc1cccc(Cl)c1Cl. The van der Waals surface area contributed by atoms with E-state index in [1.165, 1.54) is 12.8 Å². The Bertz CT molecular complexity index is 532. The van der Waals surface area contributed by atoms with Crippen LogP contribution in [0.15, 0.2) is 18.2 Å². The van der Waals surface area contributed by atoms with Gasteiger partial charge in [0.2, 0.25) is 0 Å². The van der Waals surface area contributed by atoms with Gasteiger partial charge in [0.25, 0.3) is 0 Å². The Hall–Kier alpha value is -0.570. The van der Waals surface area contributed by atoms with E-state index in [2.05, 4.69) is 4.90 Å². The van der Waals surface area contributed by atoms with E-state index >= 15 is 0 Å². The molecule has 0 amide bonds. The quantitative estimate of drug-likeness (QED) is 0.801. The summed E-state index contributed by atoms with van der Waals surface area (Å²) in [5.74, 6) is 0.701. The Balaban J connectivity index is 1.78. The molecule has 2 unspecified atom stereocenters. The predicted octanol–water partition coefficient (Wildman–Crippen LogP) is 4.72. The normalized spacial score (nSPS) is 27.2. The molecule has 2 fully saturated rings. The van der Waals surface area contributed by atoms with Crippen molar-refractivity contribution in [2.75, 3.05) is 6.54 Å². The second kappa shape index (κ2) is 6.68. The van der Waals surface area contributed by atoms with Gasteiger partial charge >= 0.3 is 0 Å². The van der Waals surface area contributed by atoms with Gasteiger partial charge in [0, 0.05) is 24.9 Å². The van der Waals surface area contributed by atoms with E-state index in [9.17, 15) is 4.79 Å². The average molecular weight is 326 g/mol. The fourth-order valence-electron chi connectivity index (χ4n) is 3.81. The second-order valence-electron chi connectivity index (χ2n) is 6.21. The zero-order valence-electron chi connectivity index (χ0n) is 12.2. The highest BCUT2D eigenvalue weighted by molar-refractivity contribution is 6.42. The van der Waals surface area contributed by atoms with Crippen LogP contribution >= 0.6 is 23.2 Å². The maximum Gasteiger partial charge on any atom is 0.137 e. The fourth-order valence-corrected chi connectivity index (χ4v) is 4.19. The van der Waals surface area contributed by atoms with Crippen molar-refractivity contribution in [2.24, 2.45) is 5.92 Å². The van der Waals surface area contributed by atoms with Crippen LogP contribution in [0.4, 0.5) is 0 Å². The monoisotopic (exact) mass is 325 g/mol. The van der Waals surface area contributed by atoms with E-state index in [-0.39, 0.29) is 5.92 Å². The number of halogens is 2. The highest BCUT2D eigenvalue weighted by atomic mass is 35.5. The number of nitrogens with zero attached hydrogens (tertiary/aromatic N) is 1. The minimum Gasteiger partial charge on any atom is -0.299 e. The van der Waals surface area contributed by atoms with Gasteiger partial charge < -0.3 is 0 Å². The summed E-state index contributed by atoms with van der Waals surface area (Å²) >= 11 is 12.4. The molecule has 1 saturated heterocycles. The summed E-state index contributed by atoms with van der Waals surface area (Å²) in [6, 6.07) is 6.20. The number of carbonyl (C=O) groups is 1. The maximum absolute atomic E-state index is 12.1. The first-order chi connectivity index (χ1) is 10.2. The number of benzene rings is 1.